The van der Waals surface area contributed by atoms with Gasteiger partial charge in [-0.25, -0.2) is 9.97 Å². The first-order chi connectivity index (χ1) is 8.13. The molecule has 4 N–H and O–H groups in total. The number of methoxy groups -OCH3 is 1. The molecule has 1 aliphatic rings. The van der Waals surface area contributed by atoms with Crippen LogP contribution < -0.4 is 21.1 Å². The van der Waals surface area contributed by atoms with Crippen LogP contribution in [0.15, 0.2) is 6.33 Å². The summed E-state index contributed by atoms with van der Waals surface area (Å²) in [5.41, 5.74) is 11.0. The summed E-state index contributed by atoms with van der Waals surface area (Å²) in [6, 6.07) is 0. The predicted molar refractivity (Wildman–Crippen MR) is 62.5 cm³/mol. The van der Waals surface area contributed by atoms with E-state index in [4.69, 9.17) is 16.2 Å². The average molecular weight is 237 g/mol. The highest BCUT2D eigenvalue weighted by Gasteiger charge is 2.29. The van der Waals surface area contributed by atoms with Crippen molar-refractivity contribution in [2.24, 2.45) is 11.7 Å². The second-order valence-corrected chi connectivity index (χ2v) is 3.95. The smallest absolute Gasteiger partial charge is 0.222 e. The molecule has 92 valence electrons. The van der Waals surface area contributed by atoms with E-state index in [1.165, 1.54) is 13.4 Å². The van der Waals surface area contributed by atoms with Crippen LogP contribution in [-0.2, 0) is 4.79 Å². The van der Waals surface area contributed by atoms with Gasteiger partial charge in [-0.15, -0.1) is 0 Å². The molecule has 0 radical (unpaired) electrons. The summed E-state index contributed by atoms with van der Waals surface area (Å²) in [5.74, 6) is 0.922. The number of primary amides is 1. The van der Waals surface area contributed by atoms with E-state index in [1.54, 1.807) is 0 Å². The molecule has 0 saturated carbocycles. The molecule has 1 unspecified atom stereocenters. The van der Waals surface area contributed by atoms with Gasteiger partial charge in [0.2, 0.25) is 11.7 Å². The summed E-state index contributed by atoms with van der Waals surface area (Å²) in [6.07, 6.45) is 2.10. The summed E-state index contributed by atoms with van der Waals surface area (Å²) in [5, 5.41) is 0. The third-order valence-electron chi connectivity index (χ3n) is 2.91. The molecule has 0 aliphatic carbocycles. The Morgan fingerprint density at radius 3 is 2.94 bits per heavy atom. The molecule has 17 heavy (non-hydrogen) atoms. The highest BCUT2D eigenvalue weighted by molar-refractivity contribution is 5.78. The quantitative estimate of drug-likeness (QED) is 0.725. The molecule has 1 amide bonds. The van der Waals surface area contributed by atoms with E-state index in [1.807, 2.05) is 4.90 Å². The summed E-state index contributed by atoms with van der Waals surface area (Å²) in [4.78, 5) is 21.0. The number of anilines is 2. The number of carbonyl (C=O) groups is 1. The van der Waals surface area contributed by atoms with Crippen molar-refractivity contribution in [2.45, 2.75) is 6.42 Å². The largest absolute Gasteiger partial charge is 0.490 e. The minimum atomic E-state index is -0.284. The highest BCUT2D eigenvalue weighted by atomic mass is 16.5. The first-order valence-electron chi connectivity index (χ1n) is 5.32. The molecule has 1 aliphatic heterocycles. The van der Waals surface area contributed by atoms with E-state index in [9.17, 15) is 4.79 Å². The molecule has 7 heteroatoms. The topological polar surface area (TPSA) is 107 Å². The van der Waals surface area contributed by atoms with Crippen LogP contribution in [0, 0.1) is 5.92 Å². The van der Waals surface area contributed by atoms with Gasteiger partial charge in [0.05, 0.1) is 13.0 Å². The van der Waals surface area contributed by atoms with E-state index >= 15 is 0 Å². The summed E-state index contributed by atoms with van der Waals surface area (Å²) in [6.45, 7) is 1.25. The van der Waals surface area contributed by atoms with Crippen molar-refractivity contribution in [1.29, 1.82) is 0 Å². The predicted octanol–water partition coefficient (Wildman–Crippen LogP) is -0.621. The third kappa shape index (κ3) is 2.08. The Morgan fingerprint density at radius 1 is 1.59 bits per heavy atom. The molecular weight excluding hydrogens is 222 g/mol. The van der Waals surface area contributed by atoms with Crippen molar-refractivity contribution in [1.82, 2.24) is 9.97 Å². The molecule has 0 aromatic carbocycles. The molecule has 2 rings (SSSR count). The average Bonchev–Trinajstić information content (AvgIpc) is 2.77. The van der Waals surface area contributed by atoms with Crippen LogP contribution in [-0.4, -0.2) is 36.1 Å². The standard InChI is InChI=1S/C10H15N5O2/c1-17-7-8(11)13-5-14-10(7)15-3-2-6(4-15)9(12)16/h5-6H,2-4H2,1H3,(H2,12,16)(H2,11,13,14). The van der Waals surface area contributed by atoms with Crippen molar-refractivity contribution in [3.8, 4) is 5.75 Å². The lowest BCUT2D eigenvalue weighted by molar-refractivity contribution is -0.121. The number of rotatable bonds is 3. The highest BCUT2D eigenvalue weighted by Crippen LogP contribution is 2.32. The van der Waals surface area contributed by atoms with E-state index in [0.717, 1.165) is 6.42 Å². The van der Waals surface area contributed by atoms with Gasteiger partial charge in [0.15, 0.2) is 11.6 Å². The van der Waals surface area contributed by atoms with E-state index in [-0.39, 0.29) is 11.8 Å². The second-order valence-electron chi connectivity index (χ2n) is 3.95. The van der Waals surface area contributed by atoms with Gasteiger partial charge in [-0.05, 0) is 6.42 Å². The molecule has 0 bridgehead atoms. The fourth-order valence-electron chi connectivity index (χ4n) is 1.98. The molecule has 2 heterocycles. The maximum absolute atomic E-state index is 11.1. The Hall–Kier alpha value is -2.05. The third-order valence-corrected chi connectivity index (χ3v) is 2.91. The molecule has 1 saturated heterocycles. The van der Waals surface area contributed by atoms with Crippen molar-refractivity contribution in [3.05, 3.63) is 6.33 Å². The first-order valence-corrected chi connectivity index (χ1v) is 5.32. The van der Waals surface area contributed by atoms with Crippen LogP contribution in [0.3, 0.4) is 0 Å². The van der Waals surface area contributed by atoms with Gasteiger partial charge in [-0.3, -0.25) is 4.79 Å². The zero-order valence-electron chi connectivity index (χ0n) is 9.59. The fourth-order valence-corrected chi connectivity index (χ4v) is 1.98. The van der Waals surface area contributed by atoms with Crippen LogP contribution in [0.5, 0.6) is 5.75 Å². The second kappa shape index (κ2) is 4.44. The number of nitrogens with two attached hydrogens (primary N) is 2. The van der Waals surface area contributed by atoms with Gasteiger partial charge >= 0.3 is 0 Å². The van der Waals surface area contributed by atoms with Gasteiger partial charge in [0, 0.05) is 13.1 Å². The number of nitrogen functional groups attached to an aromatic ring is 1. The van der Waals surface area contributed by atoms with Crippen molar-refractivity contribution < 1.29 is 9.53 Å². The minimum Gasteiger partial charge on any atom is -0.490 e. The molecular formula is C10H15N5O2. The van der Waals surface area contributed by atoms with Crippen LogP contribution in [0.4, 0.5) is 11.6 Å². The van der Waals surface area contributed by atoms with Crippen LogP contribution in [0.25, 0.3) is 0 Å². The lowest BCUT2D eigenvalue weighted by Gasteiger charge is -2.19. The van der Waals surface area contributed by atoms with Crippen molar-refractivity contribution in [2.75, 3.05) is 30.8 Å². The number of aromatic nitrogens is 2. The molecule has 1 aromatic heterocycles. The van der Waals surface area contributed by atoms with E-state index in [0.29, 0.717) is 30.5 Å². The Labute approximate surface area is 98.8 Å². The van der Waals surface area contributed by atoms with Gasteiger partial charge in [0.25, 0.3) is 0 Å². The molecule has 1 fully saturated rings. The number of hydrogen-bond donors (Lipinski definition) is 2. The molecule has 7 nitrogen and oxygen atoms in total. The van der Waals surface area contributed by atoms with Crippen LogP contribution in [0.1, 0.15) is 6.42 Å². The number of carbonyl (C=O) groups excluding carboxylic acids is 1. The minimum absolute atomic E-state index is 0.143. The van der Waals surface area contributed by atoms with Gasteiger partial charge in [0.1, 0.15) is 6.33 Å². The van der Waals surface area contributed by atoms with Gasteiger partial charge in [-0.1, -0.05) is 0 Å². The zero-order chi connectivity index (χ0) is 12.4. The fraction of sp³-hybridized carbons (Fsp3) is 0.500. The summed E-state index contributed by atoms with van der Waals surface area (Å²) < 4.78 is 5.18. The van der Waals surface area contributed by atoms with Crippen LogP contribution in [0.2, 0.25) is 0 Å². The first kappa shape index (κ1) is 11.4. The Bertz CT molecular complexity index is 437. The van der Waals surface area contributed by atoms with E-state index < -0.39 is 0 Å². The molecule has 0 spiro atoms. The SMILES string of the molecule is COc1c(N)ncnc1N1CCC(C(N)=O)C1. The number of hydrogen-bond acceptors (Lipinski definition) is 6. The normalized spacial score (nSPS) is 19.4. The maximum Gasteiger partial charge on any atom is 0.222 e. The summed E-state index contributed by atoms with van der Waals surface area (Å²) >= 11 is 0. The lowest BCUT2D eigenvalue weighted by atomic mass is 10.1. The number of nitrogens with zero attached hydrogens (tertiary/aromatic N) is 3. The number of amides is 1. The van der Waals surface area contributed by atoms with Crippen LogP contribution >= 0.6 is 0 Å². The molecule has 1 aromatic rings. The maximum atomic E-state index is 11.1. The number of ether oxygens (including phenoxy) is 1. The van der Waals surface area contributed by atoms with E-state index in [2.05, 4.69) is 9.97 Å². The zero-order valence-corrected chi connectivity index (χ0v) is 9.59. The van der Waals surface area contributed by atoms with Crippen molar-refractivity contribution in [3.63, 3.8) is 0 Å². The Kier molecular flexibility index (Phi) is 2.99. The Balaban J connectivity index is 2.24. The Morgan fingerprint density at radius 2 is 2.35 bits per heavy atom. The van der Waals surface area contributed by atoms with Crippen molar-refractivity contribution >= 4 is 17.5 Å². The summed E-state index contributed by atoms with van der Waals surface area (Å²) in [7, 11) is 1.51. The molecule has 1 atom stereocenters. The monoisotopic (exact) mass is 237 g/mol. The van der Waals surface area contributed by atoms with Gasteiger partial charge < -0.3 is 21.1 Å². The van der Waals surface area contributed by atoms with Gasteiger partial charge in [-0.2, -0.15) is 0 Å². The lowest BCUT2D eigenvalue weighted by Crippen LogP contribution is -2.28.